The van der Waals surface area contributed by atoms with Gasteiger partial charge in [0.1, 0.15) is 6.04 Å². The lowest BCUT2D eigenvalue weighted by atomic mass is 10.1. The van der Waals surface area contributed by atoms with Gasteiger partial charge in [0.2, 0.25) is 0 Å². The zero-order valence-corrected chi connectivity index (χ0v) is 9.55. The summed E-state index contributed by atoms with van der Waals surface area (Å²) in [5, 5.41) is 8.69. The maximum absolute atomic E-state index is 10.6. The third kappa shape index (κ3) is 5.59. The standard InChI is InChI=1S/C9H12N2O2.2ClH/c10-11-8(9(12)13)6-7-4-2-1-3-5-7;;/h1-5,8,11H,6,10H2,(H,12,13);2*1H/t8-;;/m0../s1. The van der Waals surface area contributed by atoms with Crippen molar-refractivity contribution >= 4 is 30.8 Å². The molecule has 1 atom stereocenters. The van der Waals surface area contributed by atoms with Crippen molar-refractivity contribution in [2.45, 2.75) is 12.5 Å². The zero-order valence-electron chi connectivity index (χ0n) is 7.92. The molecule has 15 heavy (non-hydrogen) atoms. The highest BCUT2D eigenvalue weighted by molar-refractivity contribution is 5.85. The molecule has 0 aromatic heterocycles. The molecule has 1 aromatic carbocycles. The molecule has 0 saturated carbocycles. The van der Waals surface area contributed by atoms with E-state index in [1.54, 1.807) is 0 Å². The molecule has 0 aliphatic heterocycles. The largest absolute Gasteiger partial charge is 0.480 e. The number of carboxylic acid groups (broad SMARTS) is 1. The van der Waals surface area contributed by atoms with E-state index in [0.717, 1.165) is 5.56 Å². The number of aliphatic carboxylic acids is 1. The van der Waals surface area contributed by atoms with Crippen molar-refractivity contribution in [2.24, 2.45) is 5.84 Å². The normalized spacial score (nSPS) is 10.7. The van der Waals surface area contributed by atoms with Crippen molar-refractivity contribution in [1.29, 1.82) is 0 Å². The first-order valence-corrected chi connectivity index (χ1v) is 3.97. The molecule has 0 radical (unpaired) electrons. The van der Waals surface area contributed by atoms with Gasteiger partial charge in [0.05, 0.1) is 0 Å². The average Bonchev–Trinajstić information content (AvgIpc) is 2.15. The Morgan fingerprint density at radius 2 is 1.87 bits per heavy atom. The maximum atomic E-state index is 10.6. The number of hydrazine groups is 1. The fraction of sp³-hybridized carbons (Fsp3) is 0.222. The van der Waals surface area contributed by atoms with E-state index in [0.29, 0.717) is 6.42 Å². The fourth-order valence-electron chi connectivity index (χ4n) is 1.07. The van der Waals surface area contributed by atoms with Gasteiger partial charge in [-0.1, -0.05) is 30.3 Å². The van der Waals surface area contributed by atoms with E-state index in [1.807, 2.05) is 30.3 Å². The monoisotopic (exact) mass is 252 g/mol. The Labute approximate surface area is 101 Å². The minimum atomic E-state index is -0.939. The predicted octanol–water partition coefficient (Wildman–Crippen LogP) is 0.989. The smallest absolute Gasteiger partial charge is 0.322 e. The van der Waals surface area contributed by atoms with E-state index in [9.17, 15) is 4.79 Å². The number of hydrogen-bond acceptors (Lipinski definition) is 3. The Balaban J connectivity index is 0. The molecule has 0 spiro atoms. The summed E-state index contributed by atoms with van der Waals surface area (Å²) in [6.45, 7) is 0. The molecule has 6 heteroatoms. The molecule has 0 aliphatic rings. The molecule has 1 aromatic rings. The van der Waals surface area contributed by atoms with Gasteiger partial charge in [0.15, 0.2) is 0 Å². The van der Waals surface area contributed by atoms with Gasteiger partial charge in [-0.2, -0.15) is 0 Å². The van der Waals surface area contributed by atoms with E-state index in [1.165, 1.54) is 0 Å². The van der Waals surface area contributed by atoms with E-state index < -0.39 is 12.0 Å². The van der Waals surface area contributed by atoms with Crippen molar-refractivity contribution in [2.75, 3.05) is 0 Å². The van der Waals surface area contributed by atoms with Crippen LogP contribution in [0.3, 0.4) is 0 Å². The minimum absolute atomic E-state index is 0. The lowest BCUT2D eigenvalue weighted by Gasteiger charge is -2.09. The van der Waals surface area contributed by atoms with Gasteiger partial charge >= 0.3 is 5.97 Å². The molecule has 86 valence electrons. The van der Waals surface area contributed by atoms with Crippen molar-refractivity contribution in [3.05, 3.63) is 35.9 Å². The van der Waals surface area contributed by atoms with Crippen LogP contribution in [0, 0.1) is 0 Å². The van der Waals surface area contributed by atoms with Crippen LogP contribution in [0.5, 0.6) is 0 Å². The maximum Gasteiger partial charge on any atom is 0.322 e. The summed E-state index contributed by atoms with van der Waals surface area (Å²) in [5.74, 6) is 4.15. The Morgan fingerprint density at radius 1 is 1.33 bits per heavy atom. The summed E-state index contributed by atoms with van der Waals surface area (Å²) in [5.41, 5.74) is 3.20. The molecule has 4 N–H and O–H groups in total. The molecule has 0 fully saturated rings. The second-order valence-corrected chi connectivity index (χ2v) is 2.75. The molecule has 1 rings (SSSR count). The number of carboxylic acids is 1. The first-order valence-electron chi connectivity index (χ1n) is 3.97. The molecule has 0 saturated heterocycles. The second-order valence-electron chi connectivity index (χ2n) is 2.75. The van der Waals surface area contributed by atoms with Gasteiger partial charge in [0.25, 0.3) is 0 Å². The second kappa shape index (κ2) is 8.49. The van der Waals surface area contributed by atoms with Crippen LogP contribution in [0.4, 0.5) is 0 Å². The van der Waals surface area contributed by atoms with Crippen LogP contribution in [0.15, 0.2) is 30.3 Å². The minimum Gasteiger partial charge on any atom is -0.480 e. The highest BCUT2D eigenvalue weighted by Gasteiger charge is 2.14. The number of benzene rings is 1. The Morgan fingerprint density at radius 3 is 2.27 bits per heavy atom. The molecular formula is C9H14Cl2N2O2. The van der Waals surface area contributed by atoms with Crippen molar-refractivity contribution in [3.63, 3.8) is 0 Å². The molecular weight excluding hydrogens is 239 g/mol. The van der Waals surface area contributed by atoms with Crippen LogP contribution >= 0.6 is 24.8 Å². The molecule has 0 unspecified atom stereocenters. The summed E-state index contributed by atoms with van der Waals surface area (Å²) in [7, 11) is 0. The van der Waals surface area contributed by atoms with Crippen molar-refractivity contribution in [1.82, 2.24) is 5.43 Å². The highest BCUT2D eigenvalue weighted by atomic mass is 35.5. The molecule has 0 amide bonds. The third-order valence-electron chi connectivity index (χ3n) is 1.78. The van der Waals surface area contributed by atoms with E-state index >= 15 is 0 Å². The summed E-state index contributed by atoms with van der Waals surface area (Å²) in [6.07, 6.45) is 0.396. The summed E-state index contributed by atoms with van der Waals surface area (Å²) < 4.78 is 0. The molecule has 4 nitrogen and oxygen atoms in total. The number of nitrogens with two attached hydrogens (primary N) is 1. The first-order chi connectivity index (χ1) is 6.24. The van der Waals surface area contributed by atoms with Crippen LogP contribution in [0.2, 0.25) is 0 Å². The molecule has 0 heterocycles. The fourth-order valence-corrected chi connectivity index (χ4v) is 1.07. The van der Waals surface area contributed by atoms with Gasteiger partial charge in [-0.05, 0) is 12.0 Å². The van der Waals surface area contributed by atoms with Gasteiger partial charge in [-0.15, -0.1) is 24.8 Å². The van der Waals surface area contributed by atoms with Gasteiger partial charge < -0.3 is 5.11 Å². The summed E-state index contributed by atoms with van der Waals surface area (Å²) in [4.78, 5) is 10.6. The predicted molar refractivity (Wildman–Crippen MR) is 63.4 cm³/mol. The molecule has 0 aliphatic carbocycles. The van der Waals surface area contributed by atoms with Gasteiger partial charge in [0, 0.05) is 0 Å². The molecule has 0 bridgehead atoms. The van der Waals surface area contributed by atoms with E-state index in [2.05, 4.69) is 5.43 Å². The quantitative estimate of drug-likeness (QED) is 0.552. The van der Waals surface area contributed by atoms with E-state index in [-0.39, 0.29) is 24.8 Å². The van der Waals surface area contributed by atoms with Gasteiger partial charge in [-0.3, -0.25) is 10.6 Å². The first kappa shape index (κ1) is 16.6. The van der Waals surface area contributed by atoms with Crippen LogP contribution in [-0.4, -0.2) is 17.1 Å². The average molecular weight is 253 g/mol. The SMILES string of the molecule is Cl.Cl.NN[C@@H](Cc1ccccc1)C(=O)O. The van der Waals surface area contributed by atoms with Crippen molar-refractivity contribution < 1.29 is 9.90 Å². The lowest BCUT2D eigenvalue weighted by Crippen LogP contribution is -2.42. The highest BCUT2D eigenvalue weighted by Crippen LogP contribution is 2.02. The number of nitrogens with one attached hydrogen (secondary N) is 1. The Bertz CT molecular complexity index is 283. The number of carbonyl (C=O) groups is 1. The van der Waals surface area contributed by atoms with Crippen LogP contribution in [0.25, 0.3) is 0 Å². The Kier molecular flexibility index (Phi) is 9.41. The lowest BCUT2D eigenvalue weighted by molar-refractivity contribution is -0.139. The number of rotatable bonds is 4. The number of hydrogen-bond donors (Lipinski definition) is 3. The third-order valence-corrected chi connectivity index (χ3v) is 1.78. The van der Waals surface area contributed by atoms with Crippen LogP contribution in [-0.2, 0) is 11.2 Å². The van der Waals surface area contributed by atoms with Gasteiger partial charge in [-0.25, -0.2) is 5.43 Å². The van der Waals surface area contributed by atoms with Crippen molar-refractivity contribution in [3.8, 4) is 0 Å². The zero-order chi connectivity index (χ0) is 9.68. The summed E-state index contributed by atoms with van der Waals surface area (Å²) in [6, 6.07) is 8.63. The van der Waals surface area contributed by atoms with Crippen LogP contribution < -0.4 is 11.3 Å². The number of halogens is 2. The van der Waals surface area contributed by atoms with Crippen LogP contribution in [0.1, 0.15) is 5.56 Å². The van der Waals surface area contributed by atoms with E-state index in [4.69, 9.17) is 10.9 Å². The summed E-state index contributed by atoms with van der Waals surface area (Å²) >= 11 is 0. The topological polar surface area (TPSA) is 75.3 Å². The Hall–Kier alpha value is -0.810.